The molecule has 0 aliphatic carbocycles. The molecule has 47 heavy (non-hydrogen) atoms. The molecule has 252 valence electrons. The monoisotopic (exact) mass is 639 g/mol. The Balaban J connectivity index is 1.35. The van der Waals surface area contributed by atoms with Crippen LogP contribution in [-0.2, 0) is 29.2 Å². The first-order chi connectivity index (χ1) is 23.0. The summed E-state index contributed by atoms with van der Waals surface area (Å²) in [6.45, 7) is 13.6. The first-order valence-electron chi connectivity index (χ1n) is 17.1. The van der Waals surface area contributed by atoms with Crippen molar-refractivity contribution in [2.75, 3.05) is 39.3 Å². The van der Waals surface area contributed by atoms with E-state index in [2.05, 4.69) is 79.7 Å². The van der Waals surface area contributed by atoms with Crippen LogP contribution < -0.4 is 0 Å². The molecule has 0 saturated heterocycles. The van der Waals surface area contributed by atoms with Gasteiger partial charge in [0.05, 0.1) is 19.1 Å². The van der Waals surface area contributed by atoms with E-state index in [4.69, 9.17) is 4.74 Å². The van der Waals surface area contributed by atoms with Crippen LogP contribution in [0.5, 0.6) is 0 Å². The average Bonchev–Trinajstić information content (AvgIpc) is 3.81. The second-order valence-electron chi connectivity index (χ2n) is 12.2. The van der Waals surface area contributed by atoms with E-state index in [1.807, 2.05) is 54.9 Å². The Labute approximate surface area is 281 Å². The van der Waals surface area contributed by atoms with Crippen LogP contribution in [0.1, 0.15) is 80.8 Å². The maximum atomic E-state index is 12.9. The maximum Gasteiger partial charge on any atom is 0.320 e. The Morgan fingerprint density at radius 3 is 2.11 bits per heavy atom. The smallest absolute Gasteiger partial charge is 0.320 e. The van der Waals surface area contributed by atoms with Crippen molar-refractivity contribution < 1.29 is 9.53 Å². The molecule has 9 nitrogen and oxygen atoms in total. The summed E-state index contributed by atoms with van der Waals surface area (Å²) < 4.78 is 5.60. The molecule has 1 unspecified atom stereocenters. The van der Waals surface area contributed by atoms with Gasteiger partial charge in [0, 0.05) is 37.9 Å². The highest BCUT2D eigenvalue weighted by Gasteiger charge is 2.20. The Kier molecular flexibility index (Phi) is 15.4. The van der Waals surface area contributed by atoms with Gasteiger partial charge in [-0.1, -0.05) is 74.5 Å². The highest BCUT2D eigenvalue weighted by Crippen LogP contribution is 2.22. The number of nitrogens with zero attached hydrogens (tertiary/aromatic N) is 5. The predicted molar refractivity (Wildman–Crippen MR) is 189 cm³/mol. The third kappa shape index (κ3) is 12.9. The van der Waals surface area contributed by atoms with Crippen molar-refractivity contribution in [3.05, 3.63) is 114 Å². The molecule has 0 bridgehead atoms. The molecule has 0 amide bonds. The van der Waals surface area contributed by atoms with Crippen LogP contribution in [0.2, 0.25) is 0 Å². The summed E-state index contributed by atoms with van der Waals surface area (Å²) in [7, 11) is 0. The van der Waals surface area contributed by atoms with E-state index >= 15 is 0 Å². The third-order valence-corrected chi connectivity index (χ3v) is 8.27. The van der Waals surface area contributed by atoms with Crippen LogP contribution in [0.3, 0.4) is 0 Å². The molecule has 4 aromatic rings. The molecule has 2 N–H and O–H groups in total. The molecule has 0 spiro atoms. The van der Waals surface area contributed by atoms with Crippen LogP contribution >= 0.6 is 0 Å². The molecule has 2 heterocycles. The Morgan fingerprint density at radius 2 is 1.47 bits per heavy atom. The van der Waals surface area contributed by atoms with Crippen LogP contribution in [0.4, 0.5) is 0 Å². The number of esters is 1. The van der Waals surface area contributed by atoms with Gasteiger partial charge in [-0.25, -0.2) is 9.97 Å². The largest absolute Gasteiger partial charge is 0.460 e. The van der Waals surface area contributed by atoms with Gasteiger partial charge in [-0.3, -0.25) is 14.6 Å². The number of carbonyl (C=O) groups excluding carboxylic acids is 1. The van der Waals surface area contributed by atoms with Gasteiger partial charge < -0.3 is 19.6 Å². The van der Waals surface area contributed by atoms with Crippen molar-refractivity contribution in [3.8, 4) is 0 Å². The molecule has 2 aromatic carbocycles. The Bertz CT molecular complexity index is 1400. The summed E-state index contributed by atoms with van der Waals surface area (Å²) in [5, 5.41) is 0. The zero-order valence-electron chi connectivity index (χ0n) is 28.5. The summed E-state index contributed by atoms with van der Waals surface area (Å²) in [5.74, 6) is 1.66. The van der Waals surface area contributed by atoms with Gasteiger partial charge in [-0.2, -0.15) is 0 Å². The number of ether oxygens (including phenoxy) is 1. The number of rotatable bonds is 22. The minimum Gasteiger partial charge on any atom is -0.460 e. The number of carbonyl (C=O) groups is 1. The highest BCUT2D eigenvalue weighted by atomic mass is 16.5. The zero-order valence-corrected chi connectivity index (χ0v) is 28.5. The number of aromatic nitrogens is 4. The Hall–Kier alpha value is -4.05. The van der Waals surface area contributed by atoms with E-state index in [0.717, 1.165) is 62.8 Å². The van der Waals surface area contributed by atoms with Crippen molar-refractivity contribution in [1.29, 1.82) is 0 Å². The van der Waals surface area contributed by atoms with Gasteiger partial charge >= 0.3 is 5.97 Å². The lowest BCUT2D eigenvalue weighted by atomic mass is 10.1. The summed E-state index contributed by atoms with van der Waals surface area (Å²) in [5.41, 5.74) is 3.48. The fourth-order valence-corrected chi connectivity index (χ4v) is 5.80. The number of hydrogen-bond donors (Lipinski definition) is 2. The van der Waals surface area contributed by atoms with Crippen molar-refractivity contribution >= 4 is 12.0 Å². The standard InChI is InChI=1S/C38H53N7O2/c1-4-23-43(24-5-2)25-9-10-26-44(31-37(46)47-27-11-14-33-12-7-6-8-13-33)28-34-15-17-35(18-16-34)29-45(30-36-39-19-20-40-36)32(3)38-41-21-22-42-38/h6-8,11-22,32H,4-5,9-10,23-31H2,1-3H3,(H,39,40)(H,41,42). The van der Waals surface area contributed by atoms with E-state index in [-0.39, 0.29) is 25.2 Å². The van der Waals surface area contributed by atoms with Gasteiger partial charge in [0.15, 0.2) is 0 Å². The number of H-pyrrole nitrogens is 2. The van der Waals surface area contributed by atoms with Crippen LogP contribution in [0.15, 0.2) is 85.5 Å². The minimum atomic E-state index is -0.196. The van der Waals surface area contributed by atoms with E-state index in [9.17, 15) is 4.79 Å². The zero-order chi connectivity index (χ0) is 33.1. The molecule has 9 heteroatoms. The Morgan fingerprint density at radius 1 is 0.809 bits per heavy atom. The van der Waals surface area contributed by atoms with Crippen molar-refractivity contribution in [1.82, 2.24) is 34.6 Å². The topological polar surface area (TPSA) is 93.4 Å². The fraction of sp³-hybridized carbons (Fsp3) is 0.447. The molecule has 4 rings (SSSR count). The number of benzene rings is 2. The number of unbranched alkanes of at least 4 members (excludes halogenated alkanes) is 1. The second kappa shape index (κ2) is 20.2. The van der Waals surface area contributed by atoms with Gasteiger partial charge in [0.2, 0.25) is 0 Å². The van der Waals surface area contributed by atoms with Gasteiger partial charge in [-0.15, -0.1) is 0 Å². The lowest BCUT2D eigenvalue weighted by molar-refractivity contribution is -0.143. The normalized spacial score (nSPS) is 12.5. The summed E-state index contributed by atoms with van der Waals surface area (Å²) in [6.07, 6.45) is 15.7. The van der Waals surface area contributed by atoms with Crippen molar-refractivity contribution in [2.45, 2.75) is 72.1 Å². The molecule has 0 radical (unpaired) electrons. The van der Waals surface area contributed by atoms with Gasteiger partial charge in [-0.05, 0) is 81.6 Å². The highest BCUT2D eigenvalue weighted by molar-refractivity contribution is 5.71. The second-order valence-corrected chi connectivity index (χ2v) is 12.2. The molecule has 1 atom stereocenters. The first-order valence-corrected chi connectivity index (χ1v) is 17.1. The number of hydrogen-bond acceptors (Lipinski definition) is 7. The molecule has 2 aromatic heterocycles. The quantitative estimate of drug-likeness (QED) is 0.0717. The number of aromatic amines is 2. The van der Waals surface area contributed by atoms with E-state index in [0.29, 0.717) is 13.1 Å². The van der Waals surface area contributed by atoms with E-state index in [1.165, 1.54) is 24.0 Å². The molecule has 0 saturated carbocycles. The van der Waals surface area contributed by atoms with Crippen LogP contribution in [0.25, 0.3) is 6.08 Å². The van der Waals surface area contributed by atoms with Crippen molar-refractivity contribution in [3.63, 3.8) is 0 Å². The van der Waals surface area contributed by atoms with Crippen molar-refractivity contribution in [2.24, 2.45) is 0 Å². The number of imidazole rings is 2. The SMILES string of the molecule is CCCN(CCC)CCCCN(CC(=O)OCC=Cc1ccccc1)Cc1ccc(CN(Cc2ncc[nH]2)C(C)c2ncc[nH]2)cc1. The molecule has 0 aliphatic rings. The molecular formula is C38H53N7O2. The van der Waals surface area contributed by atoms with Crippen LogP contribution in [0, 0.1) is 0 Å². The van der Waals surface area contributed by atoms with E-state index in [1.54, 1.807) is 12.4 Å². The van der Waals surface area contributed by atoms with E-state index < -0.39 is 0 Å². The summed E-state index contributed by atoms with van der Waals surface area (Å²) in [6, 6.07) is 18.9. The van der Waals surface area contributed by atoms with Gasteiger partial charge in [0.25, 0.3) is 0 Å². The third-order valence-electron chi connectivity index (χ3n) is 8.27. The molecule has 0 aliphatic heterocycles. The summed E-state index contributed by atoms with van der Waals surface area (Å²) in [4.78, 5) is 35.5. The number of nitrogens with one attached hydrogen (secondary N) is 2. The fourth-order valence-electron chi connectivity index (χ4n) is 5.80. The lowest BCUT2D eigenvalue weighted by Crippen LogP contribution is -2.32. The van der Waals surface area contributed by atoms with Crippen LogP contribution in [-0.4, -0.2) is 79.9 Å². The molecule has 0 fully saturated rings. The molecular weight excluding hydrogens is 586 g/mol. The average molecular weight is 640 g/mol. The maximum absolute atomic E-state index is 12.9. The minimum absolute atomic E-state index is 0.0874. The summed E-state index contributed by atoms with van der Waals surface area (Å²) >= 11 is 0. The lowest BCUT2D eigenvalue weighted by Gasteiger charge is -2.27. The van der Waals surface area contributed by atoms with Gasteiger partial charge in [0.1, 0.15) is 18.3 Å². The predicted octanol–water partition coefficient (Wildman–Crippen LogP) is 6.86. The first kappa shape index (κ1) is 35.8.